The van der Waals surface area contributed by atoms with Crippen molar-refractivity contribution in [2.24, 2.45) is 12.0 Å². The van der Waals surface area contributed by atoms with E-state index in [-0.39, 0.29) is 24.0 Å². The third kappa shape index (κ3) is 5.52. The molecule has 0 fully saturated rings. The van der Waals surface area contributed by atoms with Crippen LogP contribution >= 0.6 is 35.3 Å². The summed E-state index contributed by atoms with van der Waals surface area (Å²) >= 11 is 1.77. The van der Waals surface area contributed by atoms with E-state index in [2.05, 4.69) is 37.7 Å². The van der Waals surface area contributed by atoms with E-state index in [1.807, 2.05) is 17.8 Å². The van der Waals surface area contributed by atoms with Crippen molar-refractivity contribution in [2.45, 2.75) is 26.3 Å². The van der Waals surface area contributed by atoms with Gasteiger partial charge in [0.05, 0.1) is 11.6 Å². The van der Waals surface area contributed by atoms with E-state index >= 15 is 0 Å². The van der Waals surface area contributed by atoms with Crippen LogP contribution in [0.2, 0.25) is 0 Å². The van der Waals surface area contributed by atoms with Crippen LogP contribution in [-0.4, -0.2) is 39.3 Å². The second-order valence-electron chi connectivity index (χ2n) is 4.53. The molecule has 7 nitrogen and oxygen atoms in total. The van der Waals surface area contributed by atoms with Crippen molar-refractivity contribution in [1.29, 1.82) is 0 Å². The average Bonchev–Trinajstić information content (AvgIpc) is 3.11. The molecule has 2 rings (SSSR count). The molecule has 22 heavy (non-hydrogen) atoms. The Labute approximate surface area is 151 Å². The molecule has 2 heterocycles. The zero-order valence-corrected chi connectivity index (χ0v) is 16.2. The van der Waals surface area contributed by atoms with Crippen LogP contribution in [0.5, 0.6) is 0 Å². The van der Waals surface area contributed by atoms with Gasteiger partial charge in [-0.05, 0) is 6.42 Å². The maximum Gasteiger partial charge on any atom is 0.191 e. The van der Waals surface area contributed by atoms with Gasteiger partial charge in [-0.1, -0.05) is 6.92 Å². The highest BCUT2D eigenvalue weighted by molar-refractivity contribution is 14.0. The molecular weight excluding hydrogens is 413 g/mol. The molecular formula is C13H22IN7S. The molecule has 0 aliphatic carbocycles. The normalized spacial score (nSPS) is 11.1. The zero-order chi connectivity index (χ0) is 15.1. The number of aryl methyl sites for hydroxylation is 2. The molecule has 9 heteroatoms. The summed E-state index contributed by atoms with van der Waals surface area (Å²) in [6.45, 7) is 3.54. The molecule has 0 atom stereocenters. The Bertz CT molecular complexity index is 593. The summed E-state index contributed by atoms with van der Waals surface area (Å²) in [5, 5.41) is 15.5. The minimum Gasteiger partial charge on any atom is -0.356 e. The summed E-state index contributed by atoms with van der Waals surface area (Å²) in [7, 11) is 3.67. The highest BCUT2D eigenvalue weighted by Crippen LogP contribution is 2.13. The van der Waals surface area contributed by atoms with E-state index in [9.17, 15) is 0 Å². The quantitative estimate of drug-likeness (QED) is 0.407. The lowest BCUT2D eigenvalue weighted by Crippen LogP contribution is -2.38. The zero-order valence-electron chi connectivity index (χ0n) is 13.0. The second kappa shape index (κ2) is 9.72. The van der Waals surface area contributed by atoms with Gasteiger partial charge in [-0.3, -0.25) is 4.99 Å². The van der Waals surface area contributed by atoms with Gasteiger partial charge < -0.3 is 15.2 Å². The molecule has 0 aliphatic rings. The topological polar surface area (TPSA) is 80.0 Å². The number of halogens is 1. The molecule has 0 radical (unpaired) electrons. The minimum atomic E-state index is 0. The van der Waals surface area contributed by atoms with Gasteiger partial charge in [0.2, 0.25) is 0 Å². The molecule has 0 saturated heterocycles. The lowest BCUT2D eigenvalue weighted by molar-refractivity contribution is 0.723. The molecule has 0 bridgehead atoms. The summed E-state index contributed by atoms with van der Waals surface area (Å²) < 4.78 is 1.88. The van der Waals surface area contributed by atoms with Crippen molar-refractivity contribution in [3.05, 3.63) is 28.2 Å². The third-order valence-corrected chi connectivity index (χ3v) is 4.23. The monoisotopic (exact) mass is 435 g/mol. The SMILES string of the molecule is CCc1cnc(CCNC(=NC)NCc2nncn2C)s1.I. The Kier molecular flexibility index (Phi) is 8.31. The standard InChI is InChI=1S/C13H21N7S.HI/c1-4-10-7-16-12(21-10)5-6-15-13(14-2)17-8-11-19-18-9-20(11)3;/h7,9H,4-6,8H2,1-3H3,(H2,14,15,17);1H. The lowest BCUT2D eigenvalue weighted by Gasteiger charge is -2.10. The van der Waals surface area contributed by atoms with Crippen molar-refractivity contribution >= 4 is 41.3 Å². The van der Waals surface area contributed by atoms with Crippen LogP contribution in [0.4, 0.5) is 0 Å². The number of aliphatic imine (C=N–C) groups is 1. The van der Waals surface area contributed by atoms with E-state index < -0.39 is 0 Å². The molecule has 0 spiro atoms. The fraction of sp³-hybridized carbons (Fsp3) is 0.538. The second-order valence-corrected chi connectivity index (χ2v) is 5.73. The molecule has 0 aromatic carbocycles. The largest absolute Gasteiger partial charge is 0.356 e. The Morgan fingerprint density at radius 1 is 1.41 bits per heavy atom. The van der Waals surface area contributed by atoms with Gasteiger partial charge in [-0.2, -0.15) is 0 Å². The van der Waals surface area contributed by atoms with Crippen molar-refractivity contribution < 1.29 is 0 Å². The molecule has 122 valence electrons. The first kappa shape index (κ1) is 18.8. The molecule has 2 aromatic rings. The van der Waals surface area contributed by atoms with Gasteiger partial charge in [0.1, 0.15) is 6.33 Å². The fourth-order valence-electron chi connectivity index (χ4n) is 1.77. The van der Waals surface area contributed by atoms with Gasteiger partial charge in [0.15, 0.2) is 11.8 Å². The first-order valence-electron chi connectivity index (χ1n) is 6.94. The van der Waals surface area contributed by atoms with Gasteiger partial charge in [0.25, 0.3) is 0 Å². The van der Waals surface area contributed by atoms with Gasteiger partial charge in [-0.25, -0.2) is 4.98 Å². The molecule has 0 unspecified atom stereocenters. The Balaban J connectivity index is 0.00000242. The first-order valence-corrected chi connectivity index (χ1v) is 7.75. The number of aromatic nitrogens is 4. The molecule has 0 aliphatic heterocycles. The molecule has 0 amide bonds. The van der Waals surface area contributed by atoms with Crippen LogP contribution < -0.4 is 10.6 Å². The van der Waals surface area contributed by atoms with Crippen LogP contribution in [0.3, 0.4) is 0 Å². The Morgan fingerprint density at radius 2 is 2.23 bits per heavy atom. The van der Waals surface area contributed by atoms with Crippen LogP contribution in [0, 0.1) is 0 Å². The Morgan fingerprint density at radius 3 is 2.82 bits per heavy atom. The number of hydrogen-bond donors (Lipinski definition) is 2. The summed E-state index contributed by atoms with van der Waals surface area (Å²) in [4.78, 5) is 9.92. The van der Waals surface area contributed by atoms with Crippen molar-refractivity contribution in [3.8, 4) is 0 Å². The number of nitrogens with one attached hydrogen (secondary N) is 2. The van der Waals surface area contributed by atoms with Crippen molar-refractivity contribution in [3.63, 3.8) is 0 Å². The van der Waals surface area contributed by atoms with Crippen LogP contribution in [0.15, 0.2) is 17.5 Å². The fourth-order valence-corrected chi connectivity index (χ4v) is 2.63. The van der Waals surface area contributed by atoms with Gasteiger partial charge in [-0.15, -0.1) is 45.5 Å². The van der Waals surface area contributed by atoms with Crippen molar-refractivity contribution in [2.75, 3.05) is 13.6 Å². The summed E-state index contributed by atoms with van der Waals surface area (Å²) in [5.74, 6) is 1.62. The summed E-state index contributed by atoms with van der Waals surface area (Å²) in [5.41, 5.74) is 0. The number of thiazole rings is 1. The Hall–Kier alpha value is -1.23. The number of rotatable bonds is 6. The van der Waals surface area contributed by atoms with E-state index in [0.717, 1.165) is 36.2 Å². The molecule has 2 N–H and O–H groups in total. The summed E-state index contributed by atoms with van der Waals surface area (Å²) in [6, 6.07) is 0. The third-order valence-electron chi connectivity index (χ3n) is 3.02. The number of nitrogens with zero attached hydrogens (tertiary/aromatic N) is 5. The van der Waals surface area contributed by atoms with Crippen molar-refractivity contribution in [1.82, 2.24) is 30.4 Å². The maximum atomic E-state index is 4.40. The predicted molar refractivity (Wildman–Crippen MR) is 99.8 cm³/mol. The highest BCUT2D eigenvalue weighted by atomic mass is 127. The van der Waals surface area contributed by atoms with E-state index in [1.165, 1.54) is 4.88 Å². The first-order chi connectivity index (χ1) is 10.2. The van der Waals surface area contributed by atoms with Gasteiger partial charge in [0, 0.05) is 38.1 Å². The number of hydrogen-bond acceptors (Lipinski definition) is 5. The summed E-state index contributed by atoms with van der Waals surface area (Å²) in [6.07, 6.45) is 5.59. The predicted octanol–water partition coefficient (Wildman–Crippen LogP) is 1.36. The van der Waals surface area contributed by atoms with E-state index in [4.69, 9.17) is 0 Å². The van der Waals surface area contributed by atoms with Gasteiger partial charge >= 0.3 is 0 Å². The molecule has 2 aromatic heterocycles. The van der Waals surface area contributed by atoms with E-state index in [1.54, 1.807) is 24.7 Å². The van der Waals surface area contributed by atoms with Crippen LogP contribution in [-0.2, 0) is 26.4 Å². The average molecular weight is 435 g/mol. The minimum absolute atomic E-state index is 0. The molecule has 0 saturated carbocycles. The number of guanidine groups is 1. The lowest BCUT2D eigenvalue weighted by atomic mass is 10.4. The van der Waals surface area contributed by atoms with Crippen LogP contribution in [0.1, 0.15) is 22.6 Å². The highest BCUT2D eigenvalue weighted by Gasteiger charge is 2.04. The van der Waals surface area contributed by atoms with Crippen LogP contribution in [0.25, 0.3) is 0 Å². The smallest absolute Gasteiger partial charge is 0.191 e. The maximum absolute atomic E-state index is 4.40. The van der Waals surface area contributed by atoms with E-state index in [0.29, 0.717) is 6.54 Å².